The van der Waals surface area contributed by atoms with Crippen molar-refractivity contribution in [2.45, 2.75) is 26.3 Å². The monoisotopic (exact) mass is 273 g/mol. The summed E-state index contributed by atoms with van der Waals surface area (Å²) in [5.74, 6) is 1.21. The second-order valence-corrected chi connectivity index (χ2v) is 5.67. The van der Waals surface area contributed by atoms with E-state index in [-0.39, 0.29) is 0 Å². The van der Waals surface area contributed by atoms with E-state index in [1.807, 2.05) is 28.8 Å². The topological polar surface area (TPSA) is 69.1 Å². The summed E-state index contributed by atoms with van der Waals surface area (Å²) < 4.78 is 1.83. The minimum atomic E-state index is 0.310. The Balaban J connectivity index is 2.04. The molecule has 0 amide bonds. The number of hydrogen-bond donors (Lipinski definition) is 1. The third kappa shape index (κ3) is 2.13. The van der Waals surface area contributed by atoms with E-state index in [9.17, 15) is 0 Å². The van der Waals surface area contributed by atoms with Crippen LogP contribution in [0.2, 0.25) is 0 Å². The lowest BCUT2D eigenvalue weighted by Gasteiger charge is -1.99. The Morgan fingerprint density at radius 1 is 1.21 bits per heavy atom. The van der Waals surface area contributed by atoms with E-state index in [0.29, 0.717) is 12.5 Å². The molecule has 0 aliphatic rings. The van der Waals surface area contributed by atoms with Crippen LogP contribution in [-0.4, -0.2) is 19.8 Å². The largest absolute Gasteiger partial charge is 0.326 e. The van der Waals surface area contributed by atoms with Crippen molar-refractivity contribution >= 4 is 16.3 Å². The van der Waals surface area contributed by atoms with Gasteiger partial charge in [-0.3, -0.25) is 0 Å². The fourth-order valence-corrected chi connectivity index (χ4v) is 2.74. The zero-order chi connectivity index (χ0) is 13.4. The zero-order valence-corrected chi connectivity index (χ0v) is 11.7. The Bertz CT molecular complexity index is 695. The van der Waals surface area contributed by atoms with E-state index in [2.05, 4.69) is 29.1 Å². The average molecular weight is 273 g/mol. The Labute approximate surface area is 115 Å². The van der Waals surface area contributed by atoms with Gasteiger partial charge in [-0.2, -0.15) is 9.61 Å². The minimum Gasteiger partial charge on any atom is -0.326 e. The van der Waals surface area contributed by atoms with Crippen molar-refractivity contribution in [1.29, 1.82) is 0 Å². The standard InChI is InChI=1S/C13H15N5S/c1-8(2)11-15-16-13-18(11)17-12(19-13)10-5-3-9(7-14)4-6-10/h3-6,8H,7,14H2,1-2H3. The lowest BCUT2D eigenvalue weighted by molar-refractivity contribution is 0.727. The van der Waals surface area contributed by atoms with Crippen LogP contribution in [0.15, 0.2) is 24.3 Å². The molecule has 2 heterocycles. The molecule has 19 heavy (non-hydrogen) atoms. The first-order valence-electron chi connectivity index (χ1n) is 6.20. The molecule has 6 heteroatoms. The molecule has 3 aromatic rings. The maximum atomic E-state index is 5.60. The van der Waals surface area contributed by atoms with Gasteiger partial charge < -0.3 is 5.73 Å². The highest BCUT2D eigenvalue weighted by Gasteiger charge is 2.14. The summed E-state index contributed by atoms with van der Waals surface area (Å²) in [5, 5.41) is 13.9. The van der Waals surface area contributed by atoms with E-state index in [1.165, 1.54) is 0 Å². The Kier molecular flexibility index (Phi) is 3.04. The second-order valence-electron chi connectivity index (χ2n) is 4.72. The van der Waals surface area contributed by atoms with Gasteiger partial charge >= 0.3 is 0 Å². The zero-order valence-electron chi connectivity index (χ0n) is 10.9. The quantitative estimate of drug-likeness (QED) is 0.795. The van der Waals surface area contributed by atoms with Crippen molar-refractivity contribution in [1.82, 2.24) is 19.8 Å². The summed E-state index contributed by atoms with van der Waals surface area (Å²) in [5.41, 5.74) is 7.81. The van der Waals surface area contributed by atoms with Crippen LogP contribution in [0.4, 0.5) is 0 Å². The summed E-state index contributed by atoms with van der Waals surface area (Å²) in [6.07, 6.45) is 0. The summed E-state index contributed by atoms with van der Waals surface area (Å²) in [6.45, 7) is 4.74. The molecule has 0 bridgehead atoms. The van der Waals surface area contributed by atoms with Gasteiger partial charge in [0.05, 0.1) is 0 Å². The minimum absolute atomic E-state index is 0.310. The van der Waals surface area contributed by atoms with Crippen LogP contribution in [0.25, 0.3) is 15.5 Å². The number of nitrogens with zero attached hydrogens (tertiary/aromatic N) is 4. The van der Waals surface area contributed by atoms with Gasteiger partial charge in [-0.05, 0) is 5.56 Å². The number of nitrogens with two attached hydrogens (primary N) is 1. The van der Waals surface area contributed by atoms with Gasteiger partial charge in [-0.15, -0.1) is 10.2 Å². The third-order valence-electron chi connectivity index (χ3n) is 2.97. The predicted molar refractivity (Wildman–Crippen MR) is 76.1 cm³/mol. The molecule has 0 spiro atoms. The summed E-state index contributed by atoms with van der Waals surface area (Å²) >= 11 is 1.55. The van der Waals surface area contributed by atoms with Gasteiger partial charge in [0.25, 0.3) is 0 Å². The first kappa shape index (κ1) is 12.3. The van der Waals surface area contributed by atoms with E-state index in [4.69, 9.17) is 5.73 Å². The van der Waals surface area contributed by atoms with E-state index in [0.717, 1.165) is 26.9 Å². The smallest absolute Gasteiger partial charge is 0.234 e. The van der Waals surface area contributed by atoms with Crippen molar-refractivity contribution in [2.24, 2.45) is 5.73 Å². The SMILES string of the molecule is CC(C)c1nnc2sc(-c3ccc(CN)cc3)nn12. The Hall–Kier alpha value is -1.79. The molecule has 0 aliphatic carbocycles. The highest BCUT2D eigenvalue weighted by molar-refractivity contribution is 7.19. The highest BCUT2D eigenvalue weighted by atomic mass is 32.1. The number of fused-ring (bicyclic) bond motifs is 1. The maximum absolute atomic E-state index is 5.60. The third-order valence-corrected chi connectivity index (χ3v) is 3.92. The molecular weight excluding hydrogens is 258 g/mol. The summed E-state index contributed by atoms with van der Waals surface area (Å²) in [6, 6.07) is 8.15. The van der Waals surface area contributed by atoms with Crippen molar-refractivity contribution in [3.05, 3.63) is 35.7 Å². The van der Waals surface area contributed by atoms with Crippen LogP contribution in [0.3, 0.4) is 0 Å². The molecule has 0 radical (unpaired) electrons. The molecular formula is C13H15N5S. The van der Waals surface area contributed by atoms with Gasteiger partial charge in [0, 0.05) is 18.0 Å². The first-order chi connectivity index (χ1) is 9.19. The van der Waals surface area contributed by atoms with Crippen LogP contribution >= 0.6 is 11.3 Å². The van der Waals surface area contributed by atoms with Crippen molar-refractivity contribution in [3.8, 4) is 10.6 Å². The molecule has 98 valence electrons. The number of aromatic nitrogens is 4. The first-order valence-corrected chi connectivity index (χ1v) is 7.02. The fraction of sp³-hybridized carbons (Fsp3) is 0.308. The van der Waals surface area contributed by atoms with Gasteiger partial charge in [0.1, 0.15) is 5.01 Å². The molecule has 1 aromatic carbocycles. The molecule has 2 N–H and O–H groups in total. The van der Waals surface area contributed by atoms with Crippen LogP contribution in [-0.2, 0) is 6.54 Å². The van der Waals surface area contributed by atoms with E-state index < -0.39 is 0 Å². The number of benzene rings is 1. The van der Waals surface area contributed by atoms with Gasteiger partial charge in [-0.1, -0.05) is 49.4 Å². The molecule has 0 unspecified atom stereocenters. The lowest BCUT2D eigenvalue weighted by atomic mass is 10.1. The molecule has 0 atom stereocenters. The number of rotatable bonds is 3. The van der Waals surface area contributed by atoms with Crippen LogP contribution in [0, 0.1) is 0 Å². The fourth-order valence-electron chi connectivity index (χ4n) is 1.89. The maximum Gasteiger partial charge on any atom is 0.234 e. The number of hydrogen-bond acceptors (Lipinski definition) is 5. The lowest BCUT2D eigenvalue weighted by Crippen LogP contribution is -1.98. The summed E-state index contributed by atoms with van der Waals surface area (Å²) in [4.78, 5) is 0.835. The molecule has 3 rings (SSSR count). The molecule has 0 saturated carbocycles. The van der Waals surface area contributed by atoms with E-state index in [1.54, 1.807) is 11.3 Å². The highest BCUT2D eigenvalue weighted by Crippen LogP contribution is 2.26. The van der Waals surface area contributed by atoms with Crippen molar-refractivity contribution < 1.29 is 0 Å². The molecule has 5 nitrogen and oxygen atoms in total. The molecule has 0 fully saturated rings. The van der Waals surface area contributed by atoms with Crippen LogP contribution < -0.4 is 5.73 Å². The van der Waals surface area contributed by atoms with Crippen LogP contribution in [0.5, 0.6) is 0 Å². The van der Waals surface area contributed by atoms with Gasteiger partial charge in [0.15, 0.2) is 5.82 Å². The van der Waals surface area contributed by atoms with E-state index >= 15 is 0 Å². The average Bonchev–Trinajstić information content (AvgIpc) is 2.98. The predicted octanol–water partition coefficient (Wildman–Crippen LogP) is 2.43. The van der Waals surface area contributed by atoms with Gasteiger partial charge in [0.2, 0.25) is 4.96 Å². The van der Waals surface area contributed by atoms with Gasteiger partial charge in [-0.25, -0.2) is 0 Å². The normalized spacial score (nSPS) is 11.6. The molecule has 0 aliphatic heterocycles. The van der Waals surface area contributed by atoms with Crippen molar-refractivity contribution in [2.75, 3.05) is 0 Å². The second kappa shape index (κ2) is 4.71. The molecule has 0 saturated heterocycles. The Morgan fingerprint density at radius 2 is 1.95 bits per heavy atom. The Morgan fingerprint density at radius 3 is 2.58 bits per heavy atom. The van der Waals surface area contributed by atoms with Crippen LogP contribution in [0.1, 0.15) is 31.2 Å². The summed E-state index contributed by atoms with van der Waals surface area (Å²) in [7, 11) is 0. The molecule has 2 aromatic heterocycles. The van der Waals surface area contributed by atoms with Crippen molar-refractivity contribution in [3.63, 3.8) is 0 Å².